The van der Waals surface area contributed by atoms with E-state index >= 15 is 0 Å². The molecule has 0 aliphatic heterocycles. The van der Waals surface area contributed by atoms with Crippen molar-refractivity contribution in [3.05, 3.63) is 29.6 Å². The van der Waals surface area contributed by atoms with Crippen LogP contribution in [0.3, 0.4) is 0 Å². The molecule has 16 heavy (non-hydrogen) atoms. The lowest BCUT2D eigenvalue weighted by Gasteiger charge is -2.07. The Morgan fingerprint density at radius 3 is 2.69 bits per heavy atom. The number of nitrogen functional groups attached to an aromatic ring is 1. The van der Waals surface area contributed by atoms with Crippen molar-refractivity contribution in [2.75, 3.05) is 5.73 Å². The van der Waals surface area contributed by atoms with Gasteiger partial charge in [-0.15, -0.1) is 0 Å². The van der Waals surface area contributed by atoms with E-state index in [-0.39, 0.29) is 11.5 Å². The van der Waals surface area contributed by atoms with Gasteiger partial charge in [-0.05, 0) is 18.6 Å². The fourth-order valence-corrected chi connectivity index (χ4v) is 1.71. The van der Waals surface area contributed by atoms with Gasteiger partial charge in [0.2, 0.25) is 0 Å². The molecule has 2 aromatic rings. The third-order valence-corrected chi connectivity index (χ3v) is 2.42. The van der Waals surface area contributed by atoms with Crippen LogP contribution in [0, 0.1) is 0 Å². The third kappa shape index (κ3) is 1.50. The van der Waals surface area contributed by atoms with E-state index in [9.17, 15) is 13.2 Å². The Balaban J connectivity index is 2.80. The number of alkyl halides is 3. The molecule has 0 aliphatic rings. The average Bonchev–Trinajstić information content (AvgIpc) is 2.50. The lowest BCUT2D eigenvalue weighted by atomic mass is 10.2. The Hall–Kier alpha value is -1.72. The molecule has 0 unspecified atom stereocenters. The molecule has 2 heterocycles. The van der Waals surface area contributed by atoms with E-state index < -0.39 is 11.7 Å². The smallest absolute Gasteiger partial charge is 0.382 e. The van der Waals surface area contributed by atoms with E-state index in [2.05, 4.69) is 4.98 Å². The first-order valence-electron chi connectivity index (χ1n) is 4.77. The van der Waals surface area contributed by atoms with Crippen LogP contribution >= 0.6 is 0 Å². The summed E-state index contributed by atoms with van der Waals surface area (Å²) in [5, 5.41) is 0. The second-order valence-electron chi connectivity index (χ2n) is 3.41. The number of aryl methyl sites for hydroxylation is 1. The van der Waals surface area contributed by atoms with Crippen LogP contribution in [0.15, 0.2) is 18.3 Å². The molecular formula is C10H10F3N3. The first kappa shape index (κ1) is 10.8. The maximum atomic E-state index is 12.7. The van der Waals surface area contributed by atoms with Gasteiger partial charge in [0.15, 0.2) is 5.65 Å². The highest BCUT2D eigenvalue weighted by atomic mass is 19.4. The molecule has 3 nitrogen and oxygen atoms in total. The average molecular weight is 229 g/mol. The van der Waals surface area contributed by atoms with E-state index in [1.54, 1.807) is 0 Å². The summed E-state index contributed by atoms with van der Waals surface area (Å²) < 4.78 is 39.4. The third-order valence-electron chi connectivity index (χ3n) is 2.42. The van der Waals surface area contributed by atoms with Gasteiger partial charge in [0.1, 0.15) is 5.82 Å². The molecule has 0 saturated carbocycles. The van der Waals surface area contributed by atoms with Gasteiger partial charge in [0, 0.05) is 6.20 Å². The maximum Gasteiger partial charge on any atom is 0.419 e. The summed E-state index contributed by atoms with van der Waals surface area (Å²) in [5.74, 6) is 0.152. The molecule has 0 spiro atoms. The second kappa shape index (κ2) is 3.40. The Kier molecular flexibility index (Phi) is 2.29. The number of pyridine rings is 1. The summed E-state index contributed by atoms with van der Waals surface area (Å²) >= 11 is 0. The minimum absolute atomic E-state index is 0.135. The normalized spacial score (nSPS) is 12.2. The zero-order valence-electron chi connectivity index (χ0n) is 8.54. The van der Waals surface area contributed by atoms with Crippen molar-refractivity contribution in [2.45, 2.75) is 19.5 Å². The molecule has 0 amide bonds. The summed E-state index contributed by atoms with van der Waals surface area (Å²) in [4.78, 5) is 3.77. The van der Waals surface area contributed by atoms with Crippen molar-refractivity contribution in [1.82, 2.24) is 9.38 Å². The van der Waals surface area contributed by atoms with Gasteiger partial charge in [0.05, 0.1) is 11.3 Å². The van der Waals surface area contributed by atoms with Crippen LogP contribution in [0.4, 0.5) is 19.0 Å². The molecule has 0 saturated heterocycles. The van der Waals surface area contributed by atoms with Crippen molar-refractivity contribution in [1.29, 1.82) is 0 Å². The molecule has 6 heteroatoms. The van der Waals surface area contributed by atoms with E-state index in [0.717, 1.165) is 6.07 Å². The SMILES string of the molecule is CCc1c(N)nc2c(C(F)(F)F)cccn12. The van der Waals surface area contributed by atoms with Crippen LogP contribution in [-0.2, 0) is 12.6 Å². The topological polar surface area (TPSA) is 43.3 Å². The summed E-state index contributed by atoms with van der Waals surface area (Å²) in [6, 6.07) is 2.34. The maximum absolute atomic E-state index is 12.7. The molecular weight excluding hydrogens is 219 g/mol. The molecule has 0 radical (unpaired) electrons. The number of imidazole rings is 1. The van der Waals surface area contributed by atoms with E-state index in [0.29, 0.717) is 12.1 Å². The van der Waals surface area contributed by atoms with Crippen LogP contribution < -0.4 is 5.73 Å². The lowest BCUT2D eigenvalue weighted by Crippen LogP contribution is -2.07. The number of rotatable bonds is 1. The highest BCUT2D eigenvalue weighted by molar-refractivity contribution is 5.57. The molecule has 0 bridgehead atoms. The van der Waals surface area contributed by atoms with Crippen LogP contribution in [0.2, 0.25) is 0 Å². The summed E-state index contributed by atoms with van der Waals surface area (Å²) in [6.45, 7) is 1.82. The molecule has 0 aliphatic carbocycles. The fraction of sp³-hybridized carbons (Fsp3) is 0.300. The van der Waals surface area contributed by atoms with Crippen LogP contribution in [0.25, 0.3) is 5.65 Å². The van der Waals surface area contributed by atoms with Gasteiger partial charge in [-0.3, -0.25) is 0 Å². The molecule has 0 aromatic carbocycles. The van der Waals surface area contributed by atoms with Crippen molar-refractivity contribution < 1.29 is 13.2 Å². The zero-order valence-corrected chi connectivity index (χ0v) is 8.54. The van der Waals surface area contributed by atoms with Gasteiger partial charge >= 0.3 is 6.18 Å². The van der Waals surface area contributed by atoms with Crippen molar-refractivity contribution in [2.24, 2.45) is 0 Å². The number of anilines is 1. The minimum atomic E-state index is -4.41. The second-order valence-corrected chi connectivity index (χ2v) is 3.41. The van der Waals surface area contributed by atoms with Gasteiger partial charge in [-0.1, -0.05) is 6.92 Å². The standard InChI is InChI=1S/C10H10F3N3/c1-2-7-8(14)15-9-6(10(11,12)13)4-3-5-16(7)9/h3-5H,2,14H2,1H3. The summed E-state index contributed by atoms with van der Waals surface area (Å²) in [6.07, 6.45) is -2.34. The van der Waals surface area contributed by atoms with Crippen LogP contribution in [0.5, 0.6) is 0 Å². The van der Waals surface area contributed by atoms with E-state index in [1.807, 2.05) is 6.92 Å². The van der Waals surface area contributed by atoms with E-state index in [4.69, 9.17) is 5.73 Å². The predicted molar refractivity (Wildman–Crippen MR) is 54.0 cm³/mol. The molecule has 86 valence electrons. The summed E-state index contributed by atoms with van der Waals surface area (Å²) in [7, 11) is 0. The first-order chi connectivity index (χ1) is 7.45. The number of aromatic nitrogens is 2. The van der Waals surface area contributed by atoms with Crippen molar-refractivity contribution in [3.63, 3.8) is 0 Å². The minimum Gasteiger partial charge on any atom is -0.382 e. The van der Waals surface area contributed by atoms with Gasteiger partial charge in [-0.25, -0.2) is 4.98 Å². The number of nitrogens with two attached hydrogens (primary N) is 1. The quantitative estimate of drug-likeness (QED) is 0.816. The first-order valence-corrected chi connectivity index (χ1v) is 4.77. The van der Waals surface area contributed by atoms with Crippen LogP contribution in [-0.4, -0.2) is 9.38 Å². The highest BCUT2D eigenvalue weighted by Gasteiger charge is 2.34. The molecule has 2 aromatic heterocycles. The Morgan fingerprint density at radius 1 is 1.44 bits per heavy atom. The Morgan fingerprint density at radius 2 is 2.12 bits per heavy atom. The predicted octanol–water partition coefficient (Wildman–Crippen LogP) is 2.50. The van der Waals surface area contributed by atoms with Crippen molar-refractivity contribution in [3.8, 4) is 0 Å². The number of nitrogens with zero attached hydrogens (tertiary/aromatic N) is 2. The zero-order chi connectivity index (χ0) is 11.9. The highest BCUT2D eigenvalue weighted by Crippen LogP contribution is 2.33. The van der Waals surface area contributed by atoms with Crippen molar-refractivity contribution >= 4 is 11.5 Å². The summed E-state index contributed by atoms with van der Waals surface area (Å²) in [5.41, 5.74) is 5.28. The largest absolute Gasteiger partial charge is 0.419 e. The number of hydrogen-bond donors (Lipinski definition) is 1. The lowest BCUT2D eigenvalue weighted by molar-refractivity contribution is -0.136. The Bertz CT molecular complexity index is 528. The van der Waals surface area contributed by atoms with Gasteiger partial charge < -0.3 is 10.1 Å². The monoisotopic (exact) mass is 229 g/mol. The number of halogens is 3. The van der Waals surface area contributed by atoms with E-state index in [1.165, 1.54) is 16.7 Å². The molecule has 2 N–H and O–H groups in total. The number of fused-ring (bicyclic) bond motifs is 1. The van der Waals surface area contributed by atoms with Crippen LogP contribution in [0.1, 0.15) is 18.2 Å². The Labute approximate surface area is 89.7 Å². The molecule has 0 atom stereocenters. The number of hydrogen-bond acceptors (Lipinski definition) is 2. The van der Waals surface area contributed by atoms with Gasteiger partial charge in [0.25, 0.3) is 0 Å². The van der Waals surface area contributed by atoms with Gasteiger partial charge in [-0.2, -0.15) is 13.2 Å². The molecule has 0 fully saturated rings. The molecule has 2 rings (SSSR count). The fourth-order valence-electron chi connectivity index (χ4n) is 1.71.